The number of hydrogen-bond donors (Lipinski definition) is 4. The van der Waals surface area contributed by atoms with Gasteiger partial charge in [0.2, 0.25) is 0 Å². The summed E-state index contributed by atoms with van der Waals surface area (Å²) in [4.78, 5) is 39.5. The Morgan fingerprint density at radius 2 is 1.05 bits per heavy atom. The Balaban J connectivity index is -0.000000295. The summed E-state index contributed by atoms with van der Waals surface area (Å²) < 4.78 is 0. The predicted molar refractivity (Wildman–Crippen MR) is 59.7 cm³/mol. The van der Waals surface area contributed by atoms with Crippen molar-refractivity contribution < 1.29 is 56.4 Å². The van der Waals surface area contributed by atoms with Gasteiger partial charge in [-0.15, -0.1) is 0 Å². The molecule has 0 saturated heterocycles. The summed E-state index contributed by atoms with van der Waals surface area (Å²) in [6, 6.07) is -2.34. The van der Waals surface area contributed by atoms with Crippen molar-refractivity contribution in [3.8, 4) is 0 Å². The van der Waals surface area contributed by atoms with Crippen LogP contribution in [0.5, 0.6) is 0 Å². The third kappa shape index (κ3) is 18.3. The van der Waals surface area contributed by atoms with Crippen LogP contribution in [-0.4, -0.2) is 46.2 Å². The number of hydrogen-bond acceptors (Lipinski definition) is 8. The fourth-order valence-corrected chi connectivity index (χ4v) is 0.794. The van der Waals surface area contributed by atoms with Crippen molar-refractivity contribution in [2.24, 2.45) is 11.5 Å². The van der Waals surface area contributed by atoms with E-state index in [-0.39, 0.29) is 42.5 Å². The van der Waals surface area contributed by atoms with Gasteiger partial charge in [0.25, 0.3) is 0 Å². The maximum absolute atomic E-state index is 9.88. The third-order valence-electron chi connectivity index (χ3n) is 1.94. The SMILES string of the molecule is N[C@@H](CCC(=O)O)C(=O)[O-].N[C@@H](CCC(=O)O)C(=O)[O-].[Co+2]. The number of aliphatic carboxylic acids is 4. The van der Waals surface area contributed by atoms with Crippen LogP contribution < -0.4 is 21.7 Å². The second-order valence-corrected chi connectivity index (χ2v) is 3.72. The Bertz CT molecular complexity index is 329. The van der Waals surface area contributed by atoms with Gasteiger partial charge in [-0.2, -0.15) is 0 Å². The van der Waals surface area contributed by atoms with Crippen molar-refractivity contribution in [1.29, 1.82) is 0 Å². The molecule has 11 heteroatoms. The molecule has 0 aliphatic carbocycles. The molecule has 0 aromatic carbocycles. The average molecular weight is 351 g/mol. The minimum atomic E-state index is -1.42. The van der Waals surface area contributed by atoms with E-state index in [1.165, 1.54) is 0 Å². The molecule has 0 aromatic rings. The zero-order valence-corrected chi connectivity index (χ0v) is 11.9. The second-order valence-electron chi connectivity index (χ2n) is 3.72. The molecule has 0 unspecified atom stereocenters. The summed E-state index contributed by atoms with van der Waals surface area (Å²) in [5, 5.41) is 35.9. The molecule has 6 N–H and O–H groups in total. The van der Waals surface area contributed by atoms with Gasteiger partial charge in [-0.05, 0) is 12.8 Å². The first-order valence-electron chi connectivity index (χ1n) is 5.44. The summed E-state index contributed by atoms with van der Waals surface area (Å²) in [5.74, 6) is -4.95. The molecule has 0 rings (SSSR count). The summed E-state index contributed by atoms with van der Waals surface area (Å²) in [6.45, 7) is 0. The molecule has 0 aliphatic heterocycles. The quantitative estimate of drug-likeness (QED) is 0.332. The molecule has 0 amide bonds. The van der Waals surface area contributed by atoms with Crippen LogP contribution in [0.25, 0.3) is 0 Å². The zero-order chi connectivity index (χ0) is 16.3. The van der Waals surface area contributed by atoms with Crippen molar-refractivity contribution in [3.05, 3.63) is 0 Å². The van der Waals surface area contributed by atoms with Crippen molar-refractivity contribution in [3.63, 3.8) is 0 Å². The van der Waals surface area contributed by atoms with Gasteiger partial charge >= 0.3 is 28.7 Å². The minimum Gasteiger partial charge on any atom is -0.548 e. The van der Waals surface area contributed by atoms with E-state index in [9.17, 15) is 29.4 Å². The molecular formula is C10H16CoN2O8. The predicted octanol–water partition coefficient (Wildman–Crippen LogP) is -4.15. The molecule has 0 bridgehead atoms. The van der Waals surface area contributed by atoms with Crippen molar-refractivity contribution >= 4 is 23.9 Å². The Morgan fingerprint density at radius 3 is 1.19 bits per heavy atom. The topological polar surface area (TPSA) is 207 Å². The van der Waals surface area contributed by atoms with Gasteiger partial charge in [-0.3, -0.25) is 9.59 Å². The number of carboxylic acids is 4. The molecule has 2 atom stereocenters. The fraction of sp³-hybridized carbons (Fsp3) is 0.600. The minimum absolute atomic E-state index is 0. The number of nitrogens with two attached hydrogens (primary N) is 2. The summed E-state index contributed by atoms with van der Waals surface area (Å²) in [5.41, 5.74) is 9.88. The second kappa shape index (κ2) is 13.3. The van der Waals surface area contributed by atoms with Crippen molar-refractivity contribution in [1.82, 2.24) is 0 Å². The molecule has 0 heterocycles. The molecule has 0 fully saturated rings. The van der Waals surface area contributed by atoms with Crippen LogP contribution in [-0.2, 0) is 36.0 Å². The molecule has 0 aromatic heterocycles. The summed E-state index contributed by atoms with van der Waals surface area (Å²) in [7, 11) is 0. The van der Waals surface area contributed by atoms with E-state index in [0.717, 1.165) is 0 Å². The van der Waals surface area contributed by atoms with Crippen LogP contribution in [0.2, 0.25) is 0 Å². The van der Waals surface area contributed by atoms with E-state index in [2.05, 4.69) is 0 Å². The molecule has 123 valence electrons. The van der Waals surface area contributed by atoms with E-state index < -0.39 is 36.0 Å². The van der Waals surface area contributed by atoms with Crippen molar-refractivity contribution in [2.45, 2.75) is 37.8 Å². The van der Waals surface area contributed by atoms with E-state index in [1.807, 2.05) is 0 Å². The number of carbonyl (C=O) groups is 4. The standard InChI is InChI=1S/2C5H9NO4.Co/c2*6-3(5(9)10)1-2-4(7)8;/h2*3H,1-2,6H2,(H,7,8)(H,9,10);/q;;+2/p-2/t2*3-;/m00./s1. The summed E-state index contributed by atoms with van der Waals surface area (Å²) in [6.07, 6.45) is -0.653. The first-order valence-corrected chi connectivity index (χ1v) is 5.44. The van der Waals surface area contributed by atoms with E-state index in [0.29, 0.717) is 0 Å². The molecule has 1 radical (unpaired) electrons. The van der Waals surface area contributed by atoms with Gasteiger partial charge in [-0.1, -0.05) is 0 Å². The van der Waals surface area contributed by atoms with Gasteiger partial charge < -0.3 is 41.5 Å². The first-order chi connectivity index (χ1) is 9.07. The smallest absolute Gasteiger partial charge is 0.548 e. The van der Waals surface area contributed by atoms with Gasteiger partial charge in [-0.25, -0.2) is 0 Å². The van der Waals surface area contributed by atoms with Gasteiger partial charge in [0.15, 0.2) is 0 Å². The Labute approximate surface area is 130 Å². The monoisotopic (exact) mass is 351 g/mol. The van der Waals surface area contributed by atoms with Gasteiger partial charge in [0, 0.05) is 24.9 Å². The molecule has 10 nitrogen and oxygen atoms in total. The van der Waals surface area contributed by atoms with E-state index >= 15 is 0 Å². The van der Waals surface area contributed by atoms with Crippen LogP contribution in [0.4, 0.5) is 0 Å². The van der Waals surface area contributed by atoms with E-state index in [1.54, 1.807) is 0 Å². The van der Waals surface area contributed by atoms with Crippen LogP contribution in [0, 0.1) is 0 Å². The van der Waals surface area contributed by atoms with Gasteiger partial charge in [0.05, 0.1) is 11.9 Å². The largest absolute Gasteiger partial charge is 2.00 e. The molecule has 21 heavy (non-hydrogen) atoms. The van der Waals surface area contributed by atoms with Crippen molar-refractivity contribution in [2.75, 3.05) is 0 Å². The molecule has 0 spiro atoms. The Kier molecular flexibility index (Phi) is 15.4. The maximum Gasteiger partial charge on any atom is 2.00 e. The van der Waals surface area contributed by atoms with E-state index in [4.69, 9.17) is 21.7 Å². The molecule has 0 saturated carbocycles. The van der Waals surface area contributed by atoms with Gasteiger partial charge in [0.1, 0.15) is 0 Å². The molecular weight excluding hydrogens is 335 g/mol. The zero-order valence-electron chi connectivity index (χ0n) is 10.8. The molecule has 0 aliphatic rings. The third-order valence-corrected chi connectivity index (χ3v) is 1.94. The Morgan fingerprint density at radius 1 is 0.810 bits per heavy atom. The average Bonchev–Trinajstić information content (AvgIpc) is 2.33. The normalized spacial score (nSPS) is 11.9. The Hall–Kier alpha value is -1.69. The number of carbonyl (C=O) groups excluding carboxylic acids is 2. The maximum atomic E-state index is 9.88. The first kappa shape index (κ1) is 24.3. The van der Waals surface area contributed by atoms with Crippen LogP contribution in [0.3, 0.4) is 0 Å². The number of carboxylic acid groups (broad SMARTS) is 4. The van der Waals surface area contributed by atoms with Crippen LogP contribution in [0.1, 0.15) is 25.7 Å². The van der Waals surface area contributed by atoms with Crippen LogP contribution in [0.15, 0.2) is 0 Å². The number of rotatable bonds is 8. The summed E-state index contributed by atoms with van der Waals surface area (Å²) >= 11 is 0. The van der Waals surface area contributed by atoms with Crippen LogP contribution >= 0.6 is 0 Å². The fourth-order valence-electron chi connectivity index (χ4n) is 0.794.